The van der Waals surface area contributed by atoms with E-state index in [1.807, 2.05) is 0 Å². The molecule has 0 spiro atoms. The lowest BCUT2D eigenvalue weighted by Gasteiger charge is -2.05. The number of rotatable bonds is 1. The summed E-state index contributed by atoms with van der Waals surface area (Å²) in [5.41, 5.74) is 5.29. The number of hydrogen-bond acceptors (Lipinski definition) is 4. The van der Waals surface area contributed by atoms with Gasteiger partial charge in [-0.25, -0.2) is 4.39 Å². The molecule has 0 bridgehead atoms. The molecule has 72 valence electrons. The van der Waals surface area contributed by atoms with E-state index in [1.165, 1.54) is 17.4 Å². The van der Waals surface area contributed by atoms with Crippen molar-refractivity contribution in [3.05, 3.63) is 23.3 Å². The number of fused-ring (bicyclic) bond motifs is 1. The van der Waals surface area contributed by atoms with Gasteiger partial charge in [-0.3, -0.25) is 0 Å². The van der Waals surface area contributed by atoms with Crippen molar-refractivity contribution >= 4 is 39.7 Å². The van der Waals surface area contributed by atoms with Crippen molar-refractivity contribution in [1.29, 1.82) is 0 Å². The fourth-order valence-corrected chi connectivity index (χ4v) is 2.17. The van der Waals surface area contributed by atoms with Crippen LogP contribution in [0, 0.1) is 5.82 Å². The molecule has 6 heteroatoms. The van der Waals surface area contributed by atoms with Crippen LogP contribution in [-0.4, -0.2) is 17.2 Å². The lowest BCUT2D eigenvalue weighted by molar-refractivity contribution is 0.423. The van der Waals surface area contributed by atoms with Crippen LogP contribution >= 0.6 is 11.3 Å². The van der Waals surface area contributed by atoms with Gasteiger partial charge in [0.15, 0.2) is 0 Å². The summed E-state index contributed by atoms with van der Waals surface area (Å²) in [6.07, 6.45) is 0. The van der Waals surface area contributed by atoms with Crippen molar-refractivity contribution < 1.29 is 14.4 Å². The Morgan fingerprint density at radius 1 is 1.43 bits per heavy atom. The van der Waals surface area contributed by atoms with E-state index >= 15 is 0 Å². The fraction of sp³-hybridized carbons (Fsp3) is 0. The zero-order valence-electron chi connectivity index (χ0n) is 7.07. The molecular formula is C8H7BFNO2S. The summed E-state index contributed by atoms with van der Waals surface area (Å²) in [5.74, 6) is -0.758. The molecule has 1 aromatic heterocycles. The van der Waals surface area contributed by atoms with Gasteiger partial charge in [-0.1, -0.05) is 0 Å². The zero-order chi connectivity index (χ0) is 10.3. The van der Waals surface area contributed by atoms with Crippen molar-refractivity contribution in [2.45, 2.75) is 0 Å². The first-order valence-corrected chi connectivity index (χ1v) is 4.80. The highest BCUT2D eigenvalue weighted by molar-refractivity contribution is 7.17. The third kappa shape index (κ3) is 1.28. The monoisotopic (exact) mass is 211 g/mol. The number of halogens is 1. The molecule has 4 N–H and O–H groups in total. The van der Waals surface area contributed by atoms with E-state index in [2.05, 4.69) is 0 Å². The molecule has 0 aliphatic heterocycles. The third-order valence-electron chi connectivity index (χ3n) is 2.04. The first-order valence-electron chi connectivity index (χ1n) is 3.92. The molecule has 0 aliphatic carbocycles. The van der Waals surface area contributed by atoms with Crippen LogP contribution in [0.4, 0.5) is 10.1 Å². The van der Waals surface area contributed by atoms with Crippen LogP contribution in [0.1, 0.15) is 0 Å². The Kier molecular flexibility index (Phi) is 2.18. The standard InChI is InChI=1S/C8H7BFNO2S/c10-7-5(9(12)13)3-6-4(8(7)11)1-2-14-6/h1-3,12-13H,11H2. The number of thiophene rings is 1. The molecule has 0 radical (unpaired) electrons. The Bertz CT molecular complexity index is 485. The maximum absolute atomic E-state index is 13.4. The summed E-state index contributed by atoms with van der Waals surface area (Å²) in [6.45, 7) is 0. The van der Waals surface area contributed by atoms with Crippen molar-refractivity contribution in [2.24, 2.45) is 0 Å². The summed E-state index contributed by atoms with van der Waals surface area (Å²) in [7, 11) is -1.83. The number of nitrogen functional groups attached to an aromatic ring is 1. The quantitative estimate of drug-likeness (QED) is 0.469. The second-order valence-corrected chi connectivity index (χ2v) is 3.85. The van der Waals surface area contributed by atoms with Gasteiger partial charge in [0, 0.05) is 15.5 Å². The predicted octanol–water partition coefficient (Wildman–Crippen LogP) is 0.302. The van der Waals surface area contributed by atoms with E-state index in [-0.39, 0.29) is 11.2 Å². The van der Waals surface area contributed by atoms with Crippen molar-refractivity contribution in [3.8, 4) is 0 Å². The molecular weight excluding hydrogens is 204 g/mol. The molecule has 2 rings (SSSR count). The Hall–Kier alpha value is -1.11. The van der Waals surface area contributed by atoms with E-state index in [0.717, 1.165) is 4.70 Å². The minimum Gasteiger partial charge on any atom is -0.423 e. The second-order valence-electron chi connectivity index (χ2n) is 2.90. The van der Waals surface area contributed by atoms with E-state index in [4.69, 9.17) is 15.8 Å². The van der Waals surface area contributed by atoms with Crippen LogP contribution in [0.15, 0.2) is 17.5 Å². The van der Waals surface area contributed by atoms with Crippen LogP contribution in [0.3, 0.4) is 0 Å². The highest BCUT2D eigenvalue weighted by Crippen LogP contribution is 2.27. The number of nitrogens with two attached hydrogens (primary N) is 1. The molecule has 0 saturated carbocycles. The first-order chi connectivity index (χ1) is 6.61. The largest absolute Gasteiger partial charge is 0.491 e. The van der Waals surface area contributed by atoms with Crippen molar-refractivity contribution in [2.75, 3.05) is 5.73 Å². The van der Waals surface area contributed by atoms with E-state index < -0.39 is 12.9 Å². The van der Waals surface area contributed by atoms with Gasteiger partial charge < -0.3 is 15.8 Å². The van der Waals surface area contributed by atoms with Crippen LogP contribution in [0.2, 0.25) is 0 Å². The molecule has 0 saturated heterocycles. The van der Waals surface area contributed by atoms with Gasteiger partial charge >= 0.3 is 7.12 Å². The maximum atomic E-state index is 13.4. The minimum absolute atomic E-state index is 0.0353. The van der Waals surface area contributed by atoms with E-state index in [0.29, 0.717) is 5.39 Å². The Labute approximate surface area is 83.7 Å². The lowest BCUT2D eigenvalue weighted by Crippen LogP contribution is -2.33. The highest BCUT2D eigenvalue weighted by atomic mass is 32.1. The van der Waals surface area contributed by atoms with Gasteiger partial charge in [0.25, 0.3) is 0 Å². The normalized spacial score (nSPS) is 10.8. The van der Waals surface area contributed by atoms with Gasteiger partial charge in [0.05, 0.1) is 5.69 Å². The highest BCUT2D eigenvalue weighted by Gasteiger charge is 2.20. The minimum atomic E-state index is -1.83. The number of benzene rings is 1. The third-order valence-corrected chi connectivity index (χ3v) is 2.90. The van der Waals surface area contributed by atoms with E-state index in [1.54, 1.807) is 11.4 Å². The van der Waals surface area contributed by atoms with Gasteiger partial charge in [-0.2, -0.15) is 0 Å². The van der Waals surface area contributed by atoms with Gasteiger partial charge in [0.1, 0.15) is 5.82 Å². The Balaban J connectivity index is 2.80. The molecule has 0 unspecified atom stereocenters. The molecule has 2 aromatic rings. The molecule has 1 heterocycles. The van der Waals surface area contributed by atoms with Crippen LogP contribution < -0.4 is 11.2 Å². The summed E-state index contributed by atoms with van der Waals surface area (Å²) in [5, 5.41) is 20.2. The molecule has 0 fully saturated rings. The second kappa shape index (κ2) is 3.23. The molecule has 14 heavy (non-hydrogen) atoms. The van der Waals surface area contributed by atoms with Gasteiger partial charge in [0.2, 0.25) is 0 Å². The van der Waals surface area contributed by atoms with Crippen LogP contribution in [0.25, 0.3) is 10.1 Å². The SMILES string of the molecule is Nc1c(F)c(B(O)O)cc2sccc12. The topological polar surface area (TPSA) is 66.5 Å². The van der Waals surface area contributed by atoms with Crippen LogP contribution in [-0.2, 0) is 0 Å². The summed E-state index contributed by atoms with van der Waals surface area (Å²) in [6, 6.07) is 3.10. The molecule has 1 aromatic carbocycles. The summed E-state index contributed by atoms with van der Waals surface area (Å²) < 4.78 is 14.2. The zero-order valence-corrected chi connectivity index (χ0v) is 7.88. The Morgan fingerprint density at radius 3 is 2.79 bits per heavy atom. The Morgan fingerprint density at radius 2 is 2.14 bits per heavy atom. The van der Waals surface area contributed by atoms with Gasteiger partial charge in [-0.05, 0) is 17.5 Å². The summed E-state index contributed by atoms with van der Waals surface area (Å²) >= 11 is 1.37. The fourth-order valence-electron chi connectivity index (χ4n) is 1.32. The van der Waals surface area contributed by atoms with Crippen molar-refractivity contribution in [1.82, 2.24) is 0 Å². The smallest absolute Gasteiger partial charge is 0.423 e. The first kappa shape index (κ1) is 9.45. The molecule has 0 aliphatic rings. The average molecular weight is 211 g/mol. The van der Waals surface area contributed by atoms with E-state index in [9.17, 15) is 4.39 Å². The van der Waals surface area contributed by atoms with Crippen molar-refractivity contribution in [3.63, 3.8) is 0 Å². The van der Waals surface area contributed by atoms with Crippen LogP contribution in [0.5, 0.6) is 0 Å². The average Bonchev–Trinajstić information content (AvgIpc) is 2.58. The summed E-state index contributed by atoms with van der Waals surface area (Å²) in [4.78, 5) is 0. The molecule has 3 nitrogen and oxygen atoms in total. The molecule has 0 amide bonds. The predicted molar refractivity (Wildman–Crippen MR) is 56.0 cm³/mol. The lowest BCUT2D eigenvalue weighted by atomic mass is 9.79. The maximum Gasteiger partial charge on any atom is 0.491 e. The van der Waals surface area contributed by atoms with Gasteiger partial charge in [-0.15, -0.1) is 11.3 Å². The number of anilines is 1. The number of hydrogen-bond donors (Lipinski definition) is 3. The molecule has 0 atom stereocenters.